The van der Waals surface area contributed by atoms with Gasteiger partial charge in [-0.2, -0.15) is 0 Å². The van der Waals surface area contributed by atoms with Gasteiger partial charge in [0.15, 0.2) is 0 Å². The molecule has 2 rings (SSSR count). The number of rotatable bonds is 1. The smallest absolute Gasteiger partial charge is 0.313 e. The fraction of sp³-hybridized carbons (Fsp3) is 0.500. The summed E-state index contributed by atoms with van der Waals surface area (Å²) >= 11 is 5.80. The number of carbonyl (C=O) groups is 3. The van der Waals surface area contributed by atoms with E-state index in [4.69, 9.17) is 11.6 Å². The Bertz CT molecular complexity index is 653. The molecule has 3 amide bonds. The minimum Gasteiger partial charge on any atom is -0.340 e. The van der Waals surface area contributed by atoms with Crippen molar-refractivity contribution in [3.8, 4) is 0 Å². The Morgan fingerprint density at radius 1 is 0.960 bits per heavy atom. The minimum absolute atomic E-state index is 0.0624. The first-order chi connectivity index (χ1) is 11.7. The molecule has 7 heteroatoms. The number of carbonyl (C=O) groups excluding carboxylic acids is 3. The third-order valence-corrected chi connectivity index (χ3v) is 4.26. The number of nitrogens with zero attached hydrogens (tertiary/aromatic N) is 2. The summed E-state index contributed by atoms with van der Waals surface area (Å²) in [5.74, 6) is -1.20. The molecule has 1 aromatic carbocycles. The zero-order valence-electron chi connectivity index (χ0n) is 14.8. The van der Waals surface area contributed by atoms with Crippen molar-refractivity contribution in [2.75, 3.05) is 31.5 Å². The lowest BCUT2D eigenvalue weighted by Gasteiger charge is -2.28. The van der Waals surface area contributed by atoms with Crippen molar-refractivity contribution >= 4 is 35.0 Å². The Labute approximate surface area is 153 Å². The molecular formula is C18H24ClN3O3. The van der Waals surface area contributed by atoms with E-state index in [9.17, 15) is 14.4 Å². The van der Waals surface area contributed by atoms with E-state index in [0.717, 1.165) is 0 Å². The van der Waals surface area contributed by atoms with E-state index < -0.39 is 17.2 Å². The van der Waals surface area contributed by atoms with Crippen LogP contribution in [0.1, 0.15) is 27.2 Å². The van der Waals surface area contributed by atoms with E-state index in [1.807, 2.05) is 20.8 Å². The Kier molecular flexibility index (Phi) is 6.06. The van der Waals surface area contributed by atoms with Gasteiger partial charge in [-0.3, -0.25) is 14.4 Å². The van der Waals surface area contributed by atoms with Crippen LogP contribution in [0, 0.1) is 5.41 Å². The van der Waals surface area contributed by atoms with E-state index in [1.165, 1.54) is 4.90 Å². The van der Waals surface area contributed by atoms with Gasteiger partial charge in [0.05, 0.1) is 0 Å². The molecule has 0 aromatic heterocycles. The van der Waals surface area contributed by atoms with E-state index >= 15 is 0 Å². The van der Waals surface area contributed by atoms with Crippen molar-refractivity contribution < 1.29 is 14.4 Å². The third kappa shape index (κ3) is 5.19. The molecule has 1 heterocycles. The second kappa shape index (κ2) is 7.87. The second-order valence-electron chi connectivity index (χ2n) is 7.15. The lowest BCUT2D eigenvalue weighted by Crippen LogP contribution is -2.44. The summed E-state index contributed by atoms with van der Waals surface area (Å²) in [6.07, 6.45) is 0.655. The molecule has 25 heavy (non-hydrogen) atoms. The van der Waals surface area contributed by atoms with Gasteiger partial charge in [-0.25, -0.2) is 0 Å². The van der Waals surface area contributed by atoms with Crippen LogP contribution in [0.4, 0.5) is 5.69 Å². The Morgan fingerprint density at radius 2 is 1.52 bits per heavy atom. The maximum absolute atomic E-state index is 12.4. The average Bonchev–Trinajstić information content (AvgIpc) is 2.80. The molecule has 0 radical (unpaired) electrons. The summed E-state index contributed by atoms with van der Waals surface area (Å²) in [6.45, 7) is 7.48. The highest BCUT2D eigenvalue weighted by molar-refractivity contribution is 6.39. The van der Waals surface area contributed by atoms with Gasteiger partial charge in [0.25, 0.3) is 0 Å². The lowest BCUT2D eigenvalue weighted by molar-refractivity contribution is -0.143. The third-order valence-electron chi connectivity index (χ3n) is 4.01. The van der Waals surface area contributed by atoms with Gasteiger partial charge in [0.2, 0.25) is 5.91 Å². The molecule has 1 N–H and O–H groups in total. The number of amides is 3. The predicted molar refractivity (Wildman–Crippen MR) is 97.3 cm³/mol. The molecule has 0 spiro atoms. The molecular weight excluding hydrogens is 342 g/mol. The van der Waals surface area contributed by atoms with E-state index in [2.05, 4.69) is 5.32 Å². The molecule has 6 nitrogen and oxygen atoms in total. The number of halogens is 1. The largest absolute Gasteiger partial charge is 0.340 e. The average molecular weight is 366 g/mol. The Hall–Kier alpha value is -2.08. The summed E-state index contributed by atoms with van der Waals surface area (Å²) in [5.41, 5.74) is 0.0626. The Balaban J connectivity index is 1.95. The SMILES string of the molecule is CC(C)(C)C(=O)N1CCCN(C(=O)C(=O)Nc2ccc(Cl)cc2)CC1. The van der Waals surface area contributed by atoms with E-state index in [-0.39, 0.29) is 5.91 Å². The van der Waals surface area contributed by atoms with Gasteiger partial charge < -0.3 is 15.1 Å². The maximum Gasteiger partial charge on any atom is 0.313 e. The van der Waals surface area contributed by atoms with Crippen LogP contribution in [-0.2, 0) is 14.4 Å². The molecule has 0 atom stereocenters. The van der Waals surface area contributed by atoms with Crippen LogP contribution >= 0.6 is 11.6 Å². The summed E-state index contributed by atoms with van der Waals surface area (Å²) in [4.78, 5) is 40.2. The van der Waals surface area contributed by atoms with Crippen molar-refractivity contribution in [2.24, 2.45) is 5.41 Å². The lowest BCUT2D eigenvalue weighted by atomic mass is 9.94. The van der Waals surface area contributed by atoms with Crippen LogP contribution in [-0.4, -0.2) is 53.7 Å². The molecule has 0 unspecified atom stereocenters. The predicted octanol–water partition coefficient (Wildman–Crippen LogP) is 2.39. The highest BCUT2D eigenvalue weighted by Crippen LogP contribution is 2.19. The fourth-order valence-electron chi connectivity index (χ4n) is 2.66. The van der Waals surface area contributed by atoms with Gasteiger partial charge in [-0.15, -0.1) is 0 Å². The van der Waals surface area contributed by atoms with Crippen molar-refractivity contribution in [3.05, 3.63) is 29.3 Å². The number of hydrogen-bond donors (Lipinski definition) is 1. The van der Waals surface area contributed by atoms with E-state index in [1.54, 1.807) is 29.2 Å². The highest BCUT2D eigenvalue weighted by atomic mass is 35.5. The number of anilines is 1. The standard InChI is InChI=1S/C18H24ClN3O3/c1-18(2,3)17(25)22-10-4-9-21(11-12-22)16(24)15(23)20-14-7-5-13(19)6-8-14/h5-8H,4,9-12H2,1-3H3,(H,20,23). The number of benzene rings is 1. The molecule has 1 fully saturated rings. The molecule has 0 bridgehead atoms. The van der Waals surface area contributed by atoms with Crippen molar-refractivity contribution in [2.45, 2.75) is 27.2 Å². The quantitative estimate of drug-likeness (QED) is 0.777. The first-order valence-corrected chi connectivity index (χ1v) is 8.71. The molecule has 1 aliphatic rings. The first-order valence-electron chi connectivity index (χ1n) is 8.33. The van der Waals surface area contributed by atoms with Gasteiger partial charge in [-0.05, 0) is 30.7 Å². The summed E-state index contributed by atoms with van der Waals surface area (Å²) in [5, 5.41) is 3.13. The topological polar surface area (TPSA) is 69.7 Å². The zero-order chi connectivity index (χ0) is 18.6. The van der Waals surface area contributed by atoms with Crippen LogP contribution in [0.25, 0.3) is 0 Å². The van der Waals surface area contributed by atoms with Gasteiger partial charge in [-0.1, -0.05) is 32.4 Å². The Morgan fingerprint density at radius 3 is 2.12 bits per heavy atom. The molecule has 0 aliphatic carbocycles. The van der Waals surface area contributed by atoms with Gasteiger partial charge in [0, 0.05) is 42.3 Å². The monoisotopic (exact) mass is 365 g/mol. The minimum atomic E-state index is -0.682. The molecule has 1 aliphatic heterocycles. The molecule has 136 valence electrons. The van der Waals surface area contributed by atoms with Crippen molar-refractivity contribution in [1.82, 2.24) is 9.80 Å². The zero-order valence-corrected chi connectivity index (χ0v) is 15.6. The fourth-order valence-corrected chi connectivity index (χ4v) is 2.79. The summed E-state index contributed by atoms with van der Waals surface area (Å²) < 4.78 is 0. The van der Waals surface area contributed by atoms with Gasteiger partial charge >= 0.3 is 11.8 Å². The highest BCUT2D eigenvalue weighted by Gasteiger charge is 2.30. The molecule has 0 saturated carbocycles. The van der Waals surface area contributed by atoms with Crippen LogP contribution in [0.3, 0.4) is 0 Å². The molecule has 1 saturated heterocycles. The van der Waals surface area contributed by atoms with Crippen LogP contribution < -0.4 is 5.32 Å². The van der Waals surface area contributed by atoms with Crippen LogP contribution in [0.2, 0.25) is 5.02 Å². The number of nitrogens with one attached hydrogen (secondary N) is 1. The number of hydrogen-bond acceptors (Lipinski definition) is 3. The van der Waals surface area contributed by atoms with Crippen LogP contribution in [0.15, 0.2) is 24.3 Å². The van der Waals surface area contributed by atoms with Crippen molar-refractivity contribution in [1.29, 1.82) is 0 Å². The molecule has 1 aromatic rings. The second-order valence-corrected chi connectivity index (χ2v) is 7.59. The summed E-state index contributed by atoms with van der Waals surface area (Å²) in [6, 6.07) is 6.56. The first kappa shape index (κ1) is 19.2. The van der Waals surface area contributed by atoms with E-state index in [0.29, 0.717) is 43.3 Å². The van der Waals surface area contributed by atoms with Crippen molar-refractivity contribution in [3.63, 3.8) is 0 Å². The van der Waals surface area contributed by atoms with Crippen LogP contribution in [0.5, 0.6) is 0 Å². The normalized spacial score (nSPS) is 15.5. The summed E-state index contributed by atoms with van der Waals surface area (Å²) in [7, 11) is 0. The maximum atomic E-state index is 12.4. The van der Waals surface area contributed by atoms with Gasteiger partial charge in [0.1, 0.15) is 0 Å².